The summed E-state index contributed by atoms with van der Waals surface area (Å²) in [5, 5.41) is 7.90. The molecule has 2 aromatic heterocycles. The van der Waals surface area contributed by atoms with Gasteiger partial charge in [-0.15, -0.1) is 0 Å². The van der Waals surface area contributed by atoms with E-state index in [2.05, 4.69) is 31.3 Å². The Kier molecular flexibility index (Phi) is 3.46. The zero-order valence-electron chi connectivity index (χ0n) is 8.61. The quantitative estimate of drug-likeness (QED) is 0.948. The summed E-state index contributed by atoms with van der Waals surface area (Å²) in [6.07, 6.45) is 3.37. The summed E-state index contributed by atoms with van der Waals surface area (Å²) in [5.41, 5.74) is 1.09. The number of nitrogens with zero attached hydrogens (tertiary/aromatic N) is 3. The van der Waals surface area contributed by atoms with Crippen molar-refractivity contribution in [1.82, 2.24) is 14.8 Å². The molecule has 16 heavy (non-hydrogen) atoms. The molecule has 0 bridgehead atoms. The molecule has 0 amide bonds. The van der Waals surface area contributed by atoms with Crippen LogP contribution in [0.3, 0.4) is 0 Å². The van der Waals surface area contributed by atoms with E-state index in [-0.39, 0.29) is 0 Å². The first kappa shape index (κ1) is 11.4. The van der Waals surface area contributed by atoms with E-state index in [0.717, 1.165) is 16.0 Å². The van der Waals surface area contributed by atoms with Crippen molar-refractivity contribution in [1.29, 1.82) is 0 Å². The average molecular weight is 302 g/mol. The molecule has 0 radical (unpaired) electrons. The summed E-state index contributed by atoms with van der Waals surface area (Å²) in [7, 11) is 1.90. The van der Waals surface area contributed by atoms with Crippen molar-refractivity contribution in [3.63, 3.8) is 0 Å². The highest BCUT2D eigenvalue weighted by atomic mass is 79.9. The number of hydrogen-bond donors (Lipinski definition) is 1. The highest BCUT2D eigenvalue weighted by Gasteiger charge is 2.03. The second-order valence-electron chi connectivity index (χ2n) is 3.28. The molecule has 0 fully saturated rings. The van der Waals surface area contributed by atoms with Gasteiger partial charge in [-0.25, -0.2) is 4.98 Å². The monoisotopic (exact) mass is 300 g/mol. The van der Waals surface area contributed by atoms with Crippen LogP contribution < -0.4 is 5.32 Å². The molecule has 0 aliphatic carbocycles. The zero-order valence-corrected chi connectivity index (χ0v) is 11.0. The van der Waals surface area contributed by atoms with Crippen LogP contribution in [-0.4, -0.2) is 14.8 Å². The summed E-state index contributed by atoms with van der Waals surface area (Å²) < 4.78 is 2.67. The Labute approximate surface area is 107 Å². The Morgan fingerprint density at radius 2 is 2.38 bits per heavy atom. The molecule has 0 aliphatic heterocycles. The second-order valence-corrected chi connectivity index (χ2v) is 4.57. The minimum atomic E-state index is 0.609. The highest BCUT2D eigenvalue weighted by molar-refractivity contribution is 9.10. The molecule has 0 unspecified atom stereocenters. The Hall–Kier alpha value is -1.07. The molecule has 84 valence electrons. The van der Waals surface area contributed by atoms with Crippen LogP contribution in [0, 0.1) is 0 Å². The van der Waals surface area contributed by atoms with Crippen LogP contribution in [-0.2, 0) is 13.6 Å². The van der Waals surface area contributed by atoms with Crippen LogP contribution in [0.25, 0.3) is 0 Å². The Balaban J connectivity index is 2.08. The summed E-state index contributed by atoms with van der Waals surface area (Å²) in [4.78, 5) is 4.19. The molecular weight excluding hydrogens is 291 g/mol. The number of aryl methyl sites for hydroxylation is 1. The summed E-state index contributed by atoms with van der Waals surface area (Å²) in [5.74, 6) is 0.769. The van der Waals surface area contributed by atoms with E-state index in [1.807, 2.05) is 17.8 Å². The number of anilines is 1. The van der Waals surface area contributed by atoms with Gasteiger partial charge in [-0.05, 0) is 28.1 Å². The normalized spacial score (nSPS) is 10.4. The van der Waals surface area contributed by atoms with Gasteiger partial charge < -0.3 is 5.32 Å². The maximum atomic E-state index is 5.81. The number of halogens is 2. The topological polar surface area (TPSA) is 42.7 Å². The molecule has 2 rings (SSSR count). The second kappa shape index (κ2) is 4.84. The lowest BCUT2D eigenvalue weighted by atomic mass is 10.4. The molecule has 2 aromatic rings. The van der Waals surface area contributed by atoms with E-state index in [1.165, 1.54) is 0 Å². The van der Waals surface area contributed by atoms with Gasteiger partial charge in [-0.1, -0.05) is 11.6 Å². The molecule has 0 aromatic carbocycles. The first-order chi connectivity index (χ1) is 7.66. The van der Waals surface area contributed by atoms with Crippen molar-refractivity contribution in [2.24, 2.45) is 7.05 Å². The molecular formula is C10H10BrClN4. The first-order valence-corrected chi connectivity index (χ1v) is 5.85. The molecule has 2 heterocycles. The summed E-state index contributed by atoms with van der Waals surface area (Å²) in [6, 6.07) is 3.76. The van der Waals surface area contributed by atoms with E-state index < -0.39 is 0 Å². The first-order valence-electron chi connectivity index (χ1n) is 4.68. The molecule has 0 saturated heterocycles. The number of rotatable bonds is 3. The number of hydrogen-bond acceptors (Lipinski definition) is 3. The third kappa shape index (κ3) is 2.54. The average Bonchev–Trinajstić information content (AvgIpc) is 2.63. The van der Waals surface area contributed by atoms with Crippen molar-refractivity contribution >= 4 is 33.3 Å². The standard InChI is InChI=1S/C10H10BrClN4/c1-16-8(2-3-15-16)6-14-10-9(11)4-7(12)5-13-10/h2-5H,6H2,1H3,(H,13,14). The van der Waals surface area contributed by atoms with Gasteiger partial charge >= 0.3 is 0 Å². The van der Waals surface area contributed by atoms with Crippen LogP contribution in [0.5, 0.6) is 0 Å². The SMILES string of the molecule is Cn1nccc1CNc1ncc(Cl)cc1Br. The number of nitrogens with one attached hydrogen (secondary N) is 1. The van der Waals surface area contributed by atoms with E-state index in [9.17, 15) is 0 Å². The Morgan fingerprint density at radius 1 is 1.56 bits per heavy atom. The van der Waals surface area contributed by atoms with Crippen LogP contribution in [0.2, 0.25) is 5.02 Å². The molecule has 6 heteroatoms. The molecule has 0 saturated carbocycles. The fourth-order valence-electron chi connectivity index (χ4n) is 1.29. The van der Waals surface area contributed by atoms with E-state index in [4.69, 9.17) is 11.6 Å². The number of pyridine rings is 1. The minimum absolute atomic E-state index is 0.609. The minimum Gasteiger partial charge on any atom is -0.363 e. The van der Waals surface area contributed by atoms with Crippen LogP contribution >= 0.6 is 27.5 Å². The highest BCUT2D eigenvalue weighted by Crippen LogP contribution is 2.23. The van der Waals surface area contributed by atoms with Gasteiger partial charge in [0.2, 0.25) is 0 Å². The van der Waals surface area contributed by atoms with Gasteiger partial charge in [0.1, 0.15) is 5.82 Å². The van der Waals surface area contributed by atoms with Crippen LogP contribution in [0.15, 0.2) is 29.0 Å². The lowest BCUT2D eigenvalue weighted by Crippen LogP contribution is -2.06. The lowest BCUT2D eigenvalue weighted by molar-refractivity contribution is 0.720. The lowest BCUT2D eigenvalue weighted by Gasteiger charge is -2.07. The van der Waals surface area contributed by atoms with Gasteiger partial charge in [0, 0.05) is 19.4 Å². The predicted octanol–water partition coefficient (Wildman–Crippen LogP) is 2.84. The predicted molar refractivity (Wildman–Crippen MR) is 67.5 cm³/mol. The third-order valence-corrected chi connectivity index (χ3v) is 2.98. The fraction of sp³-hybridized carbons (Fsp3) is 0.200. The van der Waals surface area contributed by atoms with Gasteiger partial charge in [0.15, 0.2) is 0 Å². The maximum absolute atomic E-state index is 5.81. The van der Waals surface area contributed by atoms with Gasteiger partial charge in [0.05, 0.1) is 21.7 Å². The number of aromatic nitrogens is 3. The molecule has 0 spiro atoms. The van der Waals surface area contributed by atoms with Gasteiger partial charge in [0.25, 0.3) is 0 Å². The van der Waals surface area contributed by atoms with E-state index >= 15 is 0 Å². The van der Waals surface area contributed by atoms with Crippen LogP contribution in [0.1, 0.15) is 5.69 Å². The molecule has 4 nitrogen and oxygen atoms in total. The summed E-state index contributed by atoms with van der Waals surface area (Å²) in [6.45, 7) is 0.670. The van der Waals surface area contributed by atoms with Crippen molar-refractivity contribution in [3.05, 3.63) is 39.7 Å². The fourth-order valence-corrected chi connectivity index (χ4v) is 2.07. The van der Waals surface area contributed by atoms with Crippen molar-refractivity contribution in [3.8, 4) is 0 Å². The largest absolute Gasteiger partial charge is 0.363 e. The maximum Gasteiger partial charge on any atom is 0.140 e. The van der Waals surface area contributed by atoms with Crippen molar-refractivity contribution < 1.29 is 0 Å². The third-order valence-electron chi connectivity index (χ3n) is 2.17. The van der Waals surface area contributed by atoms with E-state index in [0.29, 0.717) is 11.6 Å². The van der Waals surface area contributed by atoms with Crippen molar-refractivity contribution in [2.75, 3.05) is 5.32 Å². The molecule has 1 N–H and O–H groups in total. The van der Waals surface area contributed by atoms with Gasteiger partial charge in [-0.3, -0.25) is 4.68 Å². The molecule has 0 atom stereocenters. The Morgan fingerprint density at radius 3 is 3.00 bits per heavy atom. The van der Waals surface area contributed by atoms with Crippen molar-refractivity contribution in [2.45, 2.75) is 6.54 Å². The summed E-state index contributed by atoms with van der Waals surface area (Å²) >= 11 is 9.21. The van der Waals surface area contributed by atoms with E-state index in [1.54, 1.807) is 18.5 Å². The van der Waals surface area contributed by atoms with Crippen LogP contribution in [0.4, 0.5) is 5.82 Å². The zero-order chi connectivity index (χ0) is 11.5. The Bertz CT molecular complexity index is 497. The molecule has 0 aliphatic rings. The smallest absolute Gasteiger partial charge is 0.140 e. The van der Waals surface area contributed by atoms with Gasteiger partial charge in [-0.2, -0.15) is 5.10 Å².